The molecule has 0 atom stereocenters. The number of rotatable bonds is 6. The molecule has 1 aromatic carbocycles. The minimum Gasteiger partial charge on any atom is -0.465 e. The number of ether oxygens (including phenoxy) is 1. The van der Waals surface area contributed by atoms with Gasteiger partial charge in [-0.05, 0) is 42.7 Å². The number of amides is 1. The Balaban J connectivity index is 0.00000280. The number of methoxy groups -OCH3 is 1. The molecular formula is C21H27NO3PSY+. The Bertz CT molecular complexity index is 803. The third kappa shape index (κ3) is 5.95. The number of benzene rings is 1. The van der Waals surface area contributed by atoms with Crippen LogP contribution in [-0.2, 0) is 48.4 Å². The summed E-state index contributed by atoms with van der Waals surface area (Å²) < 4.78 is 4.85. The molecule has 2 aromatic rings. The van der Waals surface area contributed by atoms with Gasteiger partial charge in [-0.25, -0.2) is 4.79 Å². The standard InChI is InChI=1S/C21H26NO3PS.Y/c1-16-15-27-20(21(24)25-2)19(16)22-18(23)14-26(11-7-4-8-12-26)13-17-9-5-3-6-10-17;/h3,5-6,9-10,15H,4,7-8,11-14H2,1-2H3;/p+1. The number of carbonyl (C=O) groups excluding carboxylic acids is 2. The van der Waals surface area contributed by atoms with E-state index in [0.717, 1.165) is 11.7 Å². The van der Waals surface area contributed by atoms with Gasteiger partial charge in [0.15, 0.2) is 0 Å². The van der Waals surface area contributed by atoms with E-state index in [0.29, 0.717) is 16.7 Å². The first kappa shape index (κ1) is 23.7. The Kier molecular flexibility index (Phi) is 9.27. The number of nitrogens with one attached hydrogen (secondary N) is 1. The molecule has 1 amide bonds. The van der Waals surface area contributed by atoms with Crippen LogP contribution in [0.2, 0.25) is 0 Å². The summed E-state index contributed by atoms with van der Waals surface area (Å²) >= 11 is 1.32. The van der Waals surface area contributed by atoms with E-state index < -0.39 is 13.2 Å². The van der Waals surface area contributed by atoms with Gasteiger partial charge in [0.1, 0.15) is 11.0 Å². The molecule has 1 aliphatic rings. The predicted molar refractivity (Wildman–Crippen MR) is 115 cm³/mol. The zero-order valence-corrected chi connectivity index (χ0v) is 21.1. The molecule has 0 saturated carbocycles. The molecule has 147 valence electrons. The first-order valence-electron chi connectivity index (χ1n) is 9.38. The summed E-state index contributed by atoms with van der Waals surface area (Å²) in [5, 5.41) is 4.92. The number of hydrogen-bond acceptors (Lipinski definition) is 4. The largest absolute Gasteiger partial charge is 0.465 e. The van der Waals surface area contributed by atoms with Gasteiger partial charge in [-0.3, -0.25) is 4.79 Å². The molecule has 7 heteroatoms. The maximum atomic E-state index is 13.0. The first-order chi connectivity index (χ1) is 13.0. The molecule has 1 fully saturated rings. The molecule has 1 radical (unpaired) electrons. The Morgan fingerprint density at radius 1 is 1.14 bits per heavy atom. The van der Waals surface area contributed by atoms with E-state index in [4.69, 9.17) is 4.74 Å². The average molecular weight is 493 g/mol. The van der Waals surface area contributed by atoms with Gasteiger partial charge >= 0.3 is 5.97 Å². The van der Waals surface area contributed by atoms with Gasteiger partial charge in [-0.2, -0.15) is 0 Å². The van der Waals surface area contributed by atoms with Crippen molar-refractivity contribution in [2.75, 3.05) is 30.9 Å². The van der Waals surface area contributed by atoms with Crippen LogP contribution in [0.3, 0.4) is 0 Å². The third-order valence-corrected chi connectivity index (χ3v) is 10.8. The van der Waals surface area contributed by atoms with Crippen molar-refractivity contribution in [1.82, 2.24) is 0 Å². The van der Waals surface area contributed by atoms with Crippen LogP contribution in [-0.4, -0.2) is 37.5 Å². The fraction of sp³-hybridized carbons (Fsp3) is 0.429. The predicted octanol–water partition coefficient (Wildman–Crippen LogP) is 5.18. The van der Waals surface area contributed by atoms with Gasteiger partial charge < -0.3 is 10.1 Å². The number of thiophene rings is 1. The number of anilines is 1. The van der Waals surface area contributed by atoms with Crippen LogP contribution in [0.5, 0.6) is 0 Å². The molecule has 3 rings (SSSR count). The smallest absolute Gasteiger partial charge is 0.350 e. The van der Waals surface area contributed by atoms with Crippen LogP contribution in [0, 0.1) is 6.92 Å². The fourth-order valence-electron chi connectivity index (χ4n) is 3.85. The fourth-order valence-corrected chi connectivity index (χ4v) is 9.20. The molecule has 1 N–H and O–H groups in total. The summed E-state index contributed by atoms with van der Waals surface area (Å²) in [6, 6.07) is 10.5. The van der Waals surface area contributed by atoms with Crippen LogP contribution in [0.1, 0.15) is 40.1 Å². The second-order valence-corrected chi connectivity index (χ2v) is 12.4. The van der Waals surface area contributed by atoms with Crippen molar-refractivity contribution < 1.29 is 47.0 Å². The molecule has 1 aromatic heterocycles. The first-order valence-corrected chi connectivity index (χ1v) is 12.8. The Morgan fingerprint density at radius 2 is 1.82 bits per heavy atom. The summed E-state index contributed by atoms with van der Waals surface area (Å²) in [6.45, 7) is 1.91. The maximum Gasteiger partial charge on any atom is 0.350 e. The van der Waals surface area contributed by atoms with Crippen molar-refractivity contribution in [2.45, 2.75) is 32.3 Å². The summed E-state index contributed by atoms with van der Waals surface area (Å²) in [6.07, 6.45) is 7.71. The quantitative estimate of drug-likeness (QED) is 0.446. The molecular weight excluding hydrogens is 466 g/mol. The van der Waals surface area contributed by atoms with E-state index in [9.17, 15) is 9.59 Å². The zero-order valence-electron chi connectivity index (χ0n) is 16.6. The topological polar surface area (TPSA) is 55.4 Å². The van der Waals surface area contributed by atoms with Gasteiger partial charge in [-0.15, -0.1) is 11.3 Å². The van der Waals surface area contributed by atoms with Crippen molar-refractivity contribution in [2.24, 2.45) is 0 Å². The van der Waals surface area contributed by atoms with Crippen LogP contribution >= 0.6 is 18.6 Å². The molecule has 0 spiro atoms. The second-order valence-electron chi connectivity index (χ2n) is 7.31. The normalized spacial score (nSPS) is 15.4. The number of esters is 1. The van der Waals surface area contributed by atoms with Crippen LogP contribution in [0.15, 0.2) is 35.7 Å². The number of carbonyl (C=O) groups is 2. The molecule has 0 bridgehead atoms. The van der Waals surface area contributed by atoms with E-state index in [2.05, 4.69) is 29.6 Å². The SMILES string of the molecule is COC(=O)c1scc(C)c1NC(=O)C[P+]1(Cc2ccccc2)CCCCC1.[Y]. The summed E-state index contributed by atoms with van der Waals surface area (Å²) in [5.74, 6) is -0.359. The van der Waals surface area contributed by atoms with Crippen molar-refractivity contribution in [3.05, 3.63) is 51.7 Å². The Hall–Kier alpha value is -0.606. The van der Waals surface area contributed by atoms with Crippen molar-refractivity contribution in [3.63, 3.8) is 0 Å². The molecule has 1 saturated heterocycles. The Labute approximate surface area is 197 Å². The monoisotopic (exact) mass is 493 g/mol. The molecule has 0 unspecified atom stereocenters. The van der Waals surface area contributed by atoms with E-state index in [1.807, 2.05) is 18.4 Å². The van der Waals surface area contributed by atoms with E-state index in [1.165, 1.54) is 55.6 Å². The van der Waals surface area contributed by atoms with Gasteiger partial charge in [0.25, 0.3) is 5.91 Å². The molecule has 4 nitrogen and oxygen atoms in total. The van der Waals surface area contributed by atoms with Crippen molar-refractivity contribution >= 4 is 36.2 Å². The second kappa shape index (κ2) is 11.0. The number of hydrogen-bond donors (Lipinski definition) is 1. The van der Waals surface area contributed by atoms with Gasteiger partial charge in [0.05, 0.1) is 31.3 Å². The van der Waals surface area contributed by atoms with Crippen LogP contribution in [0.25, 0.3) is 0 Å². The van der Waals surface area contributed by atoms with Crippen molar-refractivity contribution in [1.29, 1.82) is 0 Å². The molecule has 0 aliphatic carbocycles. The summed E-state index contributed by atoms with van der Waals surface area (Å²) in [5.41, 5.74) is 2.86. The van der Waals surface area contributed by atoms with Crippen LogP contribution in [0.4, 0.5) is 5.69 Å². The van der Waals surface area contributed by atoms with Crippen LogP contribution < -0.4 is 5.32 Å². The van der Waals surface area contributed by atoms with E-state index in [1.54, 1.807) is 0 Å². The molecule has 1 aliphatic heterocycles. The maximum absolute atomic E-state index is 13.0. The average Bonchev–Trinajstić information content (AvgIpc) is 3.03. The summed E-state index contributed by atoms with van der Waals surface area (Å²) in [7, 11) is -0.00582. The van der Waals surface area contributed by atoms with Crippen molar-refractivity contribution in [3.8, 4) is 0 Å². The molecule has 28 heavy (non-hydrogen) atoms. The van der Waals surface area contributed by atoms with Gasteiger partial charge in [-0.1, -0.05) is 30.3 Å². The summed E-state index contributed by atoms with van der Waals surface area (Å²) in [4.78, 5) is 25.4. The van der Waals surface area contributed by atoms with Gasteiger partial charge in [0.2, 0.25) is 0 Å². The Morgan fingerprint density at radius 3 is 2.46 bits per heavy atom. The zero-order chi connectivity index (χ0) is 19.3. The van der Waals surface area contributed by atoms with E-state index in [-0.39, 0.29) is 38.6 Å². The minimum absolute atomic E-state index is 0. The number of aryl methyl sites for hydroxylation is 1. The van der Waals surface area contributed by atoms with Gasteiger partial charge in [0, 0.05) is 40.0 Å². The third-order valence-electron chi connectivity index (χ3n) is 5.21. The molecule has 2 heterocycles. The minimum atomic E-state index is -1.37. The van der Waals surface area contributed by atoms with E-state index >= 15 is 0 Å².